The van der Waals surface area contributed by atoms with Crippen molar-refractivity contribution in [1.29, 1.82) is 0 Å². The van der Waals surface area contributed by atoms with Crippen LogP contribution in [0.2, 0.25) is 10.0 Å². The third kappa shape index (κ3) is 6.28. The molecule has 3 aromatic carbocycles. The smallest absolute Gasteiger partial charge is 0.291 e. The number of aromatic nitrogens is 2. The van der Waals surface area contributed by atoms with Gasteiger partial charge in [-0.3, -0.25) is 14.8 Å². The molecule has 4 aromatic rings. The average Bonchev–Trinajstić information content (AvgIpc) is 3.29. The fraction of sp³-hybridized carbons (Fsp3) is 0.0455. The molecule has 174 valence electrons. The summed E-state index contributed by atoms with van der Waals surface area (Å²) in [6, 6.07) is 20.8. The SMILES string of the molecule is O=C(Nc1nnc(S(=O)(=O)Nc2ccccc2SCc2ccc(Cl)cc2)s1)c1ccc(Cl)cc1. The number of thioether (sulfide) groups is 1. The molecule has 0 spiro atoms. The zero-order valence-corrected chi connectivity index (χ0v) is 21.2. The Labute approximate surface area is 214 Å². The van der Waals surface area contributed by atoms with Gasteiger partial charge in [-0.1, -0.05) is 58.8 Å². The fourth-order valence-electron chi connectivity index (χ4n) is 2.75. The Morgan fingerprint density at radius 2 is 1.56 bits per heavy atom. The van der Waals surface area contributed by atoms with Gasteiger partial charge in [0.2, 0.25) is 5.13 Å². The molecule has 0 bridgehead atoms. The van der Waals surface area contributed by atoms with Crippen molar-refractivity contribution in [3.63, 3.8) is 0 Å². The number of para-hydroxylation sites is 1. The molecule has 0 radical (unpaired) electrons. The minimum absolute atomic E-state index is 0.0609. The van der Waals surface area contributed by atoms with Crippen LogP contribution in [-0.2, 0) is 15.8 Å². The maximum Gasteiger partial charge on any atom is 0.291 e. The Bertz CT molecular complexity index is 1410. The van der Waals surface area contributed by atoms with Crippen LogP contribution in [0.4, 0.5) is 10.8 Å². The van der Waals surface area contributed by atoms with Gasteiger partial charge in [-0.25, -0.2) is 0 Å². The highest BCUT2D eigenvalue weighted by molar-refractivity contribution is 7.99. The molecule has 1 aromatic heterocycles. The molecule has 0 aliphatic carbocycles. The third-order valence-corrected chi connectivity index (χ3v) is 8.62. The zero-order valence-electron chi connectivity index (χ0n) is 17.2. The number of carbonyl (C=O) groups is 1. The molecule has 1 amide bonds. The van der Waals surface area contributed by atoms with Crippen LogP contribution < -0.4 is 10.0 Å². The summed E-state index contributed by atoms with van der Waals surface area (Å²) in [6.07, 6.45) is 0. The predicted molar refractivity (Wildman–Crippen MR) is 138 cm³/mol. The number of halogens is 2. The number of benzene rings is 3. The molecule has 4 rings (SSSR count). The Morgan fingerprint density at radius 1 is 0.912 bits per heavy atom. The van der Waals surface area contributed by atoms with Gasteiger partial charge >= 0.3 is 0 Å². The first kappa shape index (κ1) is 24.5. The number of hydrogen-bond donors (Lipinski definition) is 2. The highest BCUT2D eigenvalue weighted by atomic mass is 35.5. The van der Waals surface area contributed by atoms with Gasteiger partial charge in [-0.05, 0) is 54.1 Å². The number of amides is 1. The van der Waals surface area contributed by atoms with Crippen LogP contribution in [0.15, 0.2) is 82.0 Å². The second kappa shape index (κ2) is 10.7. The highest BCUT2D eigenvalue weighted by Gasteiger charge is 2.22. The van der Waals surface area contributed by atoms with Gasteiger partial charge in [0.05, 0.1) is 5.69 Å². The number of anilines is 2. The van der Waals surface area contributed by atoms with E-state index in [9.17, 15) is 13.2 Å². The van der Waals surface area contributed by atoms with E-state index < -0.39 is 15.9 Å². The van der Waals surface area contributed by atoms with Gasteiger partial charge in [0, 0.05) is 26.3 Å². The summed E-state index contributed by atoms with van der Waals surface area (Å²) in [5.74, 6) is 0.184. The molecule has 7 nitrogen and oxygen atoms in total. The molecular formula is C22H16Cl2N4O3S3. The average molecular weight is 552 g/mol. The molecular weight excluding hydrogens is 535 g/mol. The van der Waals surface area contributed by atoms with Crippen LogP contribution in [0.3, 0.4) is 0 Å². The molecule has 0 saturated carbocycles. The molecule has 0 aliphatic rings. The fourth-order valence-corrected chi connectivity index (χ4v) is 6.00. The lowest BCUT2D eigenvalue weighted by Gasteiger charge is -2.11. The van der Waals surface area contributed by atoms with E-state index >= 15 is 0 Å². The Morgan fingerprint density at radius 3 is 2.26 bits per heavy atom. The lowest BCUT2D eigenvalue weighted by atomic mass is 10.2. The normalized spacial score (nSPS) is 11.2. The molecule has 0 saturated heterocycles. The quantitative estimate of drug-likeness (QED) is 0.200. The highest BCUT2D eigenvalue weighted by Crippen LogP contribution is 2.32. The van der Waals surface area contributed by atoms with Crippen LogP contribution >= 0.6 is 46.3 Å². The predicted octanol–water partition coefficient (Wildman–Crippen LogP) is 6.19. The molecule has 0 atom stereocenters. The molecule has 34 heavy (non-hydrogen) atoms. The van der Waals surface area contributed by atoms with E-state index in [4.69, 9.17) is 23.2 Å². The Hall–Kier alpha value is -2.63. The minimum atomic E-state index is -4.01. The number of carbonyl (C=O) groups excluding carboxylic acids is 1. The maximum atomic E-state index is 12.9. The lowest BCUT2D eigenvalue weighted by Crippen LogP contribution is -2.13. The molecule has 12 heteroatoms. The number of nitrogens with one attached hydrogen (secondary N) is 2. The van der Waals surface area contributed by atoms with E-state index in [1.54, 1.807) is 36.4 Å². The minimum Gasteiger partial charge on any atom is -0.296 e. The monoisotopic (exact) mass is 550 g/mol. The molecule has 0 aliphatic heterocycles. The van der Waals surface area contributed by atoms with Crippen molar-refractivity contribution < 1.29 is 13.2 Å². The summed E-state index contributed by atoms with van der Waals surface area (Å²) in [5.41, 5.74) is 1.83. The van der Waals surface area contributed by atoms with Crippen molar-refractivity contribution in [3.05, 3.63) is 94.0 Å². The van der Waals surface area contributed by atoms with Gasteiger partial charge in [0.25, 0.3) is 20.3 Å². The topological polar surface area (TPSA) is 101 Å². The van der Waals surface area contributed by atoms with Gasteiger partial charge < -0.3 is 0 Å². The van der Waals surface area contributed by atoms with Crippen molar-refractivity contribution in [3.8, 4) is 0 Å². The van der Waals surface area contributed by atoms with Crippen LogP contribution in [0.5, 0.6) is 0 Å². The number of nitrogens with zero attached hydrogens (tertiary/aromatic N) is 2. The summed E-state index contributed by atoms with van der Waals surface area (Å²) < 4.78 is 28.1. The van der Waals surface area contributed by atoms with Crippen LogP contribution in [-0.4, -0.2) is 24.5 Å². The van der Waals surface area contributed by atoms with E-state index in [1.807, 2.05) is 36.4 Å². The van der Waals surface area contributed by atoms with Gasteiger partial charge in [-0.15, -0.1) is 22.0 Å². The second-order valence-electron chi connectivity index (χ2n) is 6.85. The van der Waals surface area contributed by atoms with E-state index in [2.05, 4.69) is 20.2 Å². The van der Waals surface area contributed by atoms with Crippen LogP contribution in [0.1, 0.15) is 15.9 Å². The van der Waals surface area contributed by atoms with Crippen molar-refractivity contribution in [1.82, 2.24) is 10.2 Å². The molecule has 0 fully saturated rings. The van der Waals surface area contributed by atoms with Crippen molar-refractivity contribution >= 4 is 73.0 Å². The van der Waals surface area contributed by atoms with Crippen molar-refractivity contribution in [2.45, 2.75) is 15.0 Å². The van der Waals surface area contributed by atoms with Crippen LogP contribution in [0.25, 0.3) is 0 Å². The molecule has 2 N–H and O–H groups in total. The lowest BCUT2D eigenvalue weighted by molar-refractivity contribution is 0.102. The van der Waals surface area contributed by atoms with E-state index in [-0.39, 0.29) is 9.47 Å². The summed E-state index contributed by atoms with van der Waals surface area (Å²) in [4.78, 5) is 13.1. The summed E-state index contributed by atoms with van der Waals surface area (Å²) in [6.45, 7) is 0. The second-order valence-corrected chi connectivity index (χ2v) is 11.6. The third-order valence-electron chi connectivity index (χ3n) is 4.40. The first-order valence-corrected chi connectivity index (χ1v) is 13.7. The number of rotatable bonds is 8. The van der Waals surface area contributed by atoms with Gasteiger partial charge in [0.15, 0.2) is 0 Å². The van der Waals surface area contributed by atoms with E-state index in [0.717, 1.165) is 21.8 Å². The largest absolute Gasteiger partial charge is 0.296 e. The van der Waals surface area contributed by atoms with Crippen molar-refractivity contribution in [2.75, 3.05) is 10.0 Å². The summed E-state index contributed by atoms with van der Waals surface area (Å²) in [7, 11) is -4.01. The van der Waals surface area contributed by atoms with Gasteiger partial charge in [0.1, 0.15) is 0 Å². The molecule has 0 unspecified atom stereocenters. The maximum absolute atomic E-state index is 12.9. The number of sulfonamides is 1. The Kier molecular flexibility index (Phi) is 7.74. The first-order chi connectivity index (χ1) is 16.3. The zero-order chi connectivity index (χ0) is 24.1. The van der Waals surface area contributed by atoms with Crippen LogP contribution in [0, 0.1) is 0 Å². The van der Waals surface area contributed by atoms with Gasteiger partial charge in [-0.2, -0.15) is 8.42 Å². The number of hydrogen-bond acceptors (Lipinski definition) is 7. The van der Waals surface area contributed by atoms with Crippen molar-refractivity contribution in [2.24, 2.45) is 0 Å². The summed E-state index contributed by atoms with van der Waals surface area (Å²) >= 11 is 14.0. The standard InChI is InChI=1S/C22H16Cl2N4O3S3/c23-16-9-5-14(6-10-16)13-32-19-4-2-1-3-18(19)28-34(30,31)22-27-26-21(33-22)25-20(29)15-7-11-17(24)12-8-15/h1-12,28H,13H2,(H,25,26,29). The molecule has 1 heterocycles. The summed E-state index contributed by atoms with van der Waals surface area (Å²) in [5, 5.41) is 11.3. The van der Waals surface area contributed by atoms with E-state index in [0.29, 0.717) is 27.0 Å². The Balaban J connectivity index is 1.45. The first-order valence-electron chi connectivity index (χ1n) is 9.70. The van der Waals surface area contributed by atoms with E-state index in [1.165, 1.54) is 11.8 Å².